The van der Waals surface area contributed by atoms with Gasteiger partial charge in [0.05, 0.1) is 5.92 Å². The van der Waals surface area contributed by atoms with Crippen molar-refractivity contribution in [2.45, 2.75) is 63.4 Å². The summed E-state index contributed by atoms with van der Waals surface area (Å²) in [4.78, 5) is 25.1. The smallest absolute Gasteiger partial charge is 0.341 e. The van der Waals surface area contributed by atoms with Crippen LogP contribution in [0.25, 0.3) is 0 Å². The largest absolute Gasteiger partial charge is 0.457 e. The SMILES string of the molecule is C=C(C)[C@@H]1CC[C@@]23O[C@@H]2[C@@H](C/C(C)=C/[C@@]2(O)C=C(C)C(=O)[C@@H]12)OC3=O. The fourth-order valence-electron chi connectivity index (χ4n) is 4.92. The number of esters is 1. The fourth-order valence-corrected chi connectivity index (χ4v) is 4.92. The van der Waals surface area contributed by atoms with Crippen LogP contribution in [0.2, 0.25) is 0 Å². The number of epoxide rings is 1. The molecule has 0 radical (unpaired) electrons. The standard InChI is InChI=1S/C20H24O5/c1-10(2)13-5-6-20-17(25-20)14(24-18(20)22)7-11(3)8-19(23)9-12(4)16(21)15(13)19/h8-9,13-15,17,23H,1,5-7H2,2-4H3/b11-8+/t13-,14+,15+,17+,19+,20+/m0/s1. The van der Waals surface area contributed by atoms with Gasteiger partial charge >= 0.3 is 5.97 Å². The second-order valence-corrected chi connectivity index (χ2v) is 8.11. The average molecular weight is 344 g/mol. The lowest BCUT2D eigenvalue weighted by atomic mass is 9.73. The highest BCUT2D eigenvalue weighted by atomic mass is 16.7. The number of aliphatic hydroxyl groups is 1. The molecule has 2 saturated heterocycles. The third kappa shape index (κ3) is 2.29. The van der Waals surface area contributed by atoms with Crippen LogP contribution in [-0.4, -0.2) is 40.3 Å². The maximum absolute atomic E-state index is 12.8. The number of fused-ring (bicyclic) bond motifs is 1. The van der Waals surface area contributed by atoms with Crippen LogP contribution in [0.3, 0.4) is 0 Å². The molecular formula is C20H24O5. The minimum atomic E-state index is -1.31. The minimum absolute atomic E-state index is 0.0442. The molecule has 0 aromatic rings. The van der Waals surface area contributed by atoms with Crippen molar-refractivity contribution in [1.29, 1.82) is 0 Å². The van der Waals surface area contributed by atoms with Crippen LogP contribution in [-0.2, 0) is 19.1 Å². The summed E-state index contributed by atoms with van der Waals surface area (Å²) in [6.07, 6.45) is 4.44. The van der Waals surface area contributed by atoms with Crippen LogP contribution in [0.15, 0.2) is 35.5 Å². The molecule has 0 saturated carbocycles. The molecule has 2 aliphatic heterocycles. The van der Waals surface area contributed by atoms with Gasteiger partial charge in [-0.05, 0) is 57.3 Å². The van der Waals surface area contributed by atoms with Gasteiger partial charge in [0, 0.05) is 6.42 Å². The summed E-state index contributed by atoms with van der Waals surface area (Å²) >= 11 is 0. The van der Waals surface area contributed by atoms with Gasteiger partial charge in [0.25, 0.3) is 0 Å². The molecule has 25 heavy (non-hydrogen) atoms. The fraction of sp³-hybridized carbons (Fsp3) is 0.600. The van der Waals surface area contributed by atoms with Crippen molar-refractivity contribution in [3.63, 3.8) is 0 Å². The number of rotatable bonds is 1. The first-order chi connectivity index (χ1) is 11.7. The van der Waals surface area contributed by atoms with E-state index in [-0.39, 0.29) is 29.9 Å². The summed E-state index contributed by atoms with van der Waals surface area (Å²) in [7, 11) is 0. The molecule has 0 aromatic carbocycles. The summed E-state index contributed by atoms with van der Waals surface area (Å²) in [6, 6.07) is 0. The van der Waals surface area contributed by atoms with Gasteiger partial charge in [-0.1, -0.05) is 17.7 Å². The van der Waals surface area contributed by atoms with E-state index in [1.807, 2.05) is 13.8 Å². The second kappa shape index (κ2) is 5.15. The van der Waals surface area contributed by atoms with Crippen molar-refractivity contribution >= 4 is 11.8 Å². The molecule has 0 aromatic heterocycles. The molecule has 6 atom stereocenters. The Labute approximate surface area is 147 Å². The number of hydrogen-bond donors (Lipinski definition) is 1. The number of allylic oxidation sites excluding steroid dienone is 2. The first-order valence-electron chi connectivity index (χ1n) is 8.86. The van der Waals surface area contributed by atoms with Crippen molar-refractivity contribution in [1.82, 2.24) is 0 Å². The predicted molar refractivity (Wildman–Crippen MR) is 90.6 cm³/mol. The van der Waals surface area contributed by atoms with Crippen LogP contribution in [0, 0.1) is 11.8 Å². The summed E-state index contributed by atoms with van der Waals surface area (Å²) in [6.45, 7) is 9.56. The van der Waals surface area contributed by atoms with E-state index in [4.69, 9.17) is 9.47 Å². The molecule has 5 heteroatoms. The van der Waals surface area contributed by atoms with E-state index in [2.05, 4.69) is 6.58 Å². The van der Waals surface area contributed by atoms with Crippen molar-refractivity contribution in [3.05, 3.63) is 35.5 Å². The molecular weight excluding hydrogens is 320 g/mol. The molecule has 2 fully saturated rings. The monoisotopic (exact) mass is 344 g/mol. The van der Waals surface area contributed by atoms with Crippen molar-refractivity contribution in [2.24, 2.45) is 11.8 Å². The number of carbonyl (C=O) groups excluding carboxylic acids is 2. The zero-order valence-corrected chi connectivity index (χ0v) is 14.9. The van der Waals surface area contributed by atoms with Crippen LogP contribution in [0.1, 0.15) is 40.0 Å². The summed E-state index contributed by atoms with van der Waals surface area (Å²) in [5.74, 6) is -1.16. The molecule has 2 aliphatic carbocycles. The lowest BCUT2D eigenvalue weighted by Crippen LogP contribution is -2.41. The Morgan fingerprint density at radius 1 is 1.32 bits per heavy atom. The molecule has 4 rings (SSSR count). The van der Waals surface area contributed by atoms with E-state index >= 15 is 0 Å². The van der Waals surface area contributed by atoms with E-state index in [9.17, 15) is 14.7 Å². The third-order valence-corrected chi connectivity index (χ3v) is 6.16. The lowest BCUT2D eigenvalue weighted by molar-refractivity contribution is -0.154. The normalized spacial score (nSPS) is 47.7. The number of Topliss-reactive ketones (excluding diaryl/α,β-unsaturated/α-hetero) is 1. The lowest BCUT2D eigenvalue weighted by Gasteiger charge is -2.33. The quantitative estimate of drug-likeness (QED) is 0.448. The van der Waals surface area contributed by atoms with E-state index < -0.39 is 17.1 Å². The van der Waals surface area contributed by atoms with Gasteiger partial charge in [0.15, 0.2) is 11.4 Å². The molecule has 5 nitrogen and oxygen atoms in total. The first kappa shape index (κ1) is 16.7. The number of hydrogen-bond acceptors (Lipinski definition) is 5. The summed E-state index contributed by atoms with van der Waals surface area (Å²) in [5.41, 5.74) is 0.129. The van der Waals surface area contributed by atoms with Gasteiger partial charge < -0.3 is 14.6 Å². The number of carbonyl (C=O) groups is 2. The maximum Gasteiger partial charge on any atom is 0.341 e. The Hall–Kier alpha value is -1.72. The zero-order chi connectivity index (χ0) is 18.1. The van der Waals surface area contributed by atoms with Crippen LogP contribution in [0.5, 0.6) is 0 Å². The van der Waals surface area contributed by atoms with Crippen LogP contribution < -0.4 is 0 Å². The van der Waals surface area contributed by atoms with E-state index in [1.54, 1.807) is 19.1 Å². The Morgan fingerprint density at radius 3 is 2.68 bits per heavy atom. The summed E-state index contributed by atoms with van der Waals surface area (Å²) in [5, 5.41) is 11.3. The Morgan fingerprint density at radius 2 is 2.04 bits per heavy atom. The maximum atomic E-state index is 12.8. The zero-order valence-electron chi connectivity index (χ0n) is 14.9. The Kier molecular flexibility index (Phi) is 3.44. The van der Waals surface area contributed by atoms with Crippen molar-refractivity contribution in [3.8, 4) is 0 Å². The van der Waals surface area contributed by atoms with Gasteiger partial charge in [-0.3, -0.25) is 4.79 Å². The molecule has 2 bridgehead atoms. The van der Waals surface area contributed by atoms with Gasteiger partial charge in [-0.25, -0.2) is 4.79 Å². The van der Waals surface area contributed by atoms with Gasteiger partial charge in [0.2, 0.25) is 0 Å². The second-order valence-electron chi connectivity index (χ2n) is 8.11. The molecule has 0 unspecified atom stereocenters. The van der Waals surface area contributed by atoms with Gasteiger partial charge in [0.1, 0.15) is 17.8 Å². The Balaban J connectivity index is 1.79. The van der Waals surface area contributed by atoms with Crippen LogP contribution in [0.4, 0.5) is 0 Å². The van der Waals surface area contributed by atoms with E-state index in [0.717, 1.165) is 11.1 Å². The average Bonchev–Trinajstić information content (AvgIpc) is 3.12. The third-order valence-electron chi connectivity index (χ3n) is 6.16. The number of ether oxygens (including phenoxy) is 2. The number of ketones is 1. The highest BCUT2D eigenvalue weighted by Crippen LogP contribution is 2.54. The van der Waals surface area contributed by atoms with Crippen LogP contribution >= 0.6 is 0 Å². The topological polar surface area (TPSA) is 76.1 Å². The molecule has 0 spiro atoms. The predicted octanol–water partition coefficient (Wildman–Crippen LogP) is 2.25. The van der Waals surface area contributed by atoms with Gasteiger partial charge in [-0.15, -0.1) is 0 Å². The van der Waals surface area contributed by atoms with E-state index in [1.165, 1.54) is 0 Å². The molecule has 0 amide bonds. The van der Waals surface area contributed by atoms with Crippen molar-refractivity contribution < 1.29 is 24.2 Å². The highest BCUT2D eigenvalue weighted by molar-refractivity contribution is 6.01. The minimum Gasteiger partial charge on any atom is -0.457 e. The first-order valence-corrected chi connectivity index (χ1v) is 8.86. The highest BCUT2D eigenvalue weighted by Gasteiger charge is 2.72. The molecule has 2 heterocycles. The molecule has 134 valence electrons. The van der Waals surface area contributed by atoms with Gasteiger partial charge in [-0.2, -0.15) is 0 Å². The summed E-state index contributed by atoms with van der Waals surface area (Å²) < 4.78 is 11.3. The Bertz CT molecular complexity index is 747. The van der Waals surface area contributed by atoms with Crippen molar-refractivity contribution in [2.75, 3.05) is 0 Å². The molecule has 4 aliphatic rings. The van der Waals surface area contributed by atoms with E-state index in [0.29, 0.717) is 24.8 Å². The molecule has 1 N–H and O–H groups in total.